The molecule has 3 rings (SSSR count). The first-order valence-corrected chi connectivity index (χ1v) is 7.82. The monoisotopic (exact) mass is 329 g/mol. The van der Waals surface area contributed by atoms with Crippen LogP contribution < -0.4 is 24.3 Å². The number of fused-ring (bicyclic) bond motifs is 1. The Kier molecular flexibility index (Phi) is 5.05. The summed E-state index contributed by atoms with van der Waals surface area (Å²) in [5.74, 6) is 2.44. The predicted molar refractivity (Wildman–Crippen MR) is 87.9 cm³/mol. The summed E-state index contributed by atoms with van der Waals surface area (Å²) >= 11 is 0. The lowest BCUT2D eigenvalue weighted by molar-refractivity contribution is 0.174. The van der Waals surface area contributed by atoms with Crippen molar-refractivity contribution in [2.45, 2.75) is 13.3 Å². The van der Waals surface area contributed by atoms with E-state index in [2.05, 4.69) is 5.32 Å². The molecule has 1 aliphatic heterocycles. The molecule has 6 nitrogen and oxygen atoms in total. The smallest absolute Gasteiger partial charge is 0.412 e. The molecule has 1 aliphatic rings. The number of rotatable bonds is 6. The highest BCUT2D eigenvalue weighted by Gasteiger charge is 2.13. The van der Waals surface area contributed by atoms with E-state index in [4.69, 9.17) is 18.9 Å². The van der Waals surface area contributed by atoms with E-state index in [9.17, 15) is 4.79 Å². The van der Waals surface area contributed by atoms with E-state index in [1.807, 2.05) is 31.2 Å². The van der Waals surface area contributed by atoms with Crippen molar-refractivity contribution in [3.63, 3.8) is 0 Å². The van der Waals surface area contributed by atoms with Crippen LogP contribution in [0.1, 0.15) is 12.5 Å². The van der Waals surface area contributed by atoms with Gasteiger partial charge in [0.15, 0.2) is 23.0 Å². The Balaban J connectivity index is 1.49. The van der Waals surface area contributed by atoms with E-state index in [0.29, 0.717) is 31.1 Å². The maximum atomic E-state index is 11.9. The van der Waals surface area contributed by atoms with Crippen LogP contribution in [0.2, 0.25) is 0 Å². The molecular formula is C18H19NO5. The number of ether oxygens (including phenoxy) is 4. The lowest BCUT2D eigenvalue weighted by atomic mass is 10.1. The summed E-state index contributed by atoms with van der Waals surface area (Å²) in [7, 11) is 0. The molecule has 1 amide bonds. The van der Waals surface area contributed by atoms with Crippen LogP contribution in [0, 0.1) is 0 Å². The van der Waals surface area contributed by atoms with Gasteiger partial charge in [-0.1, -0.05) is 18.2 Å². The lowest BCUT2D eigenvalue weighted by Gasteiger charge is -2.11. The van der Waals surface area contributed by atoms with Gasteiger partial charge in [-0.25, -0.2) is 4.79 Å². The number of nitrogens with one attached hydrogen (secondary N) is 1. The molecule has 0 atom stereocenters. The maximum Gasteiger partial charge on any atom is 0.412 e. The minimum Gasteiger partial charge on any atom is -0.490 e. The van der Waals surface area contributed by atoms with Crippen molar-refractivity contribution in [2.75, 3.05) is 19.9 Å². The molecule has 0 spiro atoms. The molecule has 126 valence electrons. The summed E-state index contributed by atoms with van der Waals surface area (Å²) < 4.78 is 21.3. The largest absolute Gasteiger partial charge is 0.490 e. The second-order valence-electron chi connectivity index (χ2n) is 5.13. The highest BCUT2D eigenvalue weighted by Crippen LogP contribution is 2.32. The SMILES string of the molecule is CCOc1ccccc1OC(=O)NCCc1ccc2c(c1)OCO2. The van der Waals surface area contributed by atoms with Gasteiger partial charge < -0.3 is 24.3 Å². The number of para-hydroxylation sites is 2. The fourth-order valence-corrected chi connectivity index (χ4v) is 2.35. The van der Waals surface area contributed by atoms with Crippen LogP contribution >= 0.6 is 0 Å². The van der Waals surface area contributed by atoms with Crippen molar-refractivity contribution in [1.82, 2.24) is 5.32 Å². The molecule has 0 fully saturated rings. The Labute approximate surface area is 140 Å². The van der Waals surface area contributed by atoms with Crippen molar-refractivity contribution >= 4 is 6.09 Å². The minimum absolute atomic E-state index is 0.253. The van der Waals surface area contributed by atoms with Crippen LogP contribution in [-0.2, 0) is 6.42 Å². The first-order chi connectivity index (χ1) is 11.8. The van der Waals surface area contributed by atoms with Crippen LogP contribution in [0.3, 0.4) is 0 Å². The summed E-state index contributed by atoms with van der Waals surface area (Å²) in [6.07, 6.45) is 0.154. The molecule has 24 heavy (non-hydrogen) atoms. The second kappa shape index (κ2) is 7.59. The summed E-state index contributed by atoms with van der Waals surface area (Å²) in [4.78, 5) is 11.9. The van der Waals surface area contributed by atoms with Crippen LogP contribution in [0.25, 0.3) is 0 Å². The summed E-state index contributed by atoms with van der Waals surface area (Å²) in [5.41, 5.74) is 1.05. The number of carbonyl (C=O) groups is 1. The van der Waals surface area contributed by atoms with E-state index >= 15 is 0 Å². The standard InChI is InChI=1S/C18H19NO5/c1-2-21-14-5-3-4-6-16(14)24-18(20)19-10-9-13-7-8-15-17(11-13)23-12-22-15/h3-8,11H,2,9-10,12H2,1H3,(H,19,20). The number of hydrogen-bond donors (Lipinski definition) is 1. The zero-order chi connectivity index (χ0) is 16.8. The Morgan fingerprint density at radius 3 is 2.75 bits per heavy atom. The second-order valence-corrected chi connectivity index (χ2v) is 5.13. The van der Waals surface area contributed by atoms with Crippen LogP contribution in [0.4, 0.5) is 4.79 Å². The molecule has 0 aromatic heterocycles. The average molecular weight is 329 g/mol. The Bertz CT molecular complexity index is 716. The topological polar surface area (TPSA) is 66.0 Å². The number of benzene rings is 2. The van der Waals surface area contributed by atoms with Gasteiger partial charge in [0.1, 0.15) is 0 Å². The van der Waals surface area contributed by atoms with Crippen molar-refractivity contribution in [3.8, 4) is 23.0 Å². The predicted octanol–water partition coefficient (Wildman–Crippen LogP) is 3.15. The molecule has 1 N–H and O–H groups in total. The fourth-order valence-electron chi connectivity index (χ4n) is 2.35. The highest BCUT2D eigenvalue weighted by atomic mass is 16.7. The third-order valence-corrected chi connectivity index (χ3v) is 3.47. The molecule has 0 saturated heterocycles. The number of amides is 1. The Morgan fingerprint density at radius 2 is 1.92 bits per heavy atom. The van der Waals surface area contributed by atoms with Gasteiger partial charge in [0, 0.05) is 6.54 Å². The Morgan fingerprint density at radius 1 is 1.12 bits per heavy atom. The molecule has 0 aliphatic carbocycles. The van der Waals surface area contributed by atoms with Crippen molar-refractivity contribution < 1.29 is 23.7 Å². The van der Waals surface area contributed by atoms with E-state index in [-0.39, 0.29) is 6.79 Å². The maximum absolute atomic E-state index is 11.9. The van der Waals surface area contributed by atoms with Crippen molar-refractivity contribution in [1.29, 1.82) is 0 Å². The molecule has 0 unspecified atom stereocenters. The molecule has 0 radical (unpaired) electrons. The van der Waals surface area contributed by atoms with Gasteiger partial charge >= 0.3 is 6.09 Å². The van der Waals surface area contributed by atoms with Crippen LogP contribution in [0.5, 0.6) is 23.0 Å². The fraction of sp³-hybridized carbons (Fsp3) is 0.278. The normalized spacial score (nSPS) is 11.9. The highest BCUT2D eigenvalue weighted by molar-refractivity contribution is 5.71. The molecule has 1 heterocycles. The van der Waals surface area contributed by atoms with E-state index in [1.54, 1.807) is 18.2 Å². The van der Waals surface area contributed by atoms with E-state index < -0.39 is 6.09 Å². The summed E-state index contributed by atoms with van der Waals surface area (Å²) in [6.45, 7) is 3.09. The van der Waals surface area contributed by atoms with Crippen molar-refractivity contribution in [3.05, 3.63) is 48.0 Å². The van der Waals surface area contributed by atoms with Crippen LogP contribution in [0.15, 0.2) is 42.5 Å². The van der Waals surface area contributed by atoms with E-state index in [1.165, 1.54) is 0 Å². The third kappa shape index (κ3) is 3.90. The molecule has 2 aromatic rings. The third-order valence-electron chi connectivity index (χ3n) is 3.47. The zero-order valence-corrected chi connectivity index (χ0v) is 13.4. The van der Waals surface area contributed by atoms with Gasteiger partial charge in [-0.2, -0.15) is 0 Å². The number of hydrogen-bond acceptors (Lipinski definition) is 5. The van der Waals surface area contributed by atoms with Gasteiger partial charge in [0.05, 0.1) is 6.61 Å². The lowest BCUT2D eigenvalue weighted by Crippen LogP contribution is -2.28. The molecule has 0 bridgehead atoms. The zero-order valence-electron chi connectivity index (χ0n) is 13.4. The number of carbonyl (C=O) groups excluding carboxylic acids is 1. The summed E-state index contributed by atoms with van der Waals surface area (Å²) in [5, 5.41) is 2.73. The molecule has 0 saturated carbocycles. The van der Waals surface area contributed by atoms with Gasteiger partial charge in [0.25, 0.3) is 0 Å². The molecular weight excluding hydrogens is 310 g/mol. The first kappa shape index (κ1) is 16.0. The van der Waals surface area contributed by atoms with Gasteiger partial charge in [-0.3, -0.25) is 0 Å². The average Bonchev–Trinajstić information content (AvgIpc) is 3.04. The Hall–Kier alpha value is -2.89. The first-order valence-electron chi connectivity index (χ1n) is 7.82. The summed E-state index contributed by atoms with van der Waals surface area (Å²) in [6, 6.07) is 12.8. The van der Waals surface area contributed by atoms with Crippen molar-refractivity contribution in [2.24, 2.45) is 0 Å². The molecule has 2 aromatic carbocycles. The van der Waals surface area contributed by atoms with Crippen LogP contribution in [-0.4, -0.2) is 26.0 Å². The van der Waals surface area contributed by atoms with Gasteiger partial charge in [-0.05, 0) is 43.2 Å². The van der Waals surface area contributed by atoms with Gasteiger partial charge in [0.2, 0.25) is 6.79 Å². The van der Waals surface area contributed by atoms with Gasteiger partial charge in [-0.15, -0.1) is 0 Å². The van der Waals surface area contributed by atoms with E-state index in [0.717, 1.165) is 17.1 Å². The minimum atomic E-state index is -0.511. The quantitative estimate of drug-likeness (QED) is 0.882. The molecule has 6 heteroatoms.